The number of hydrogen-bond acceptors (Lipinski definition) is 2. The molecule has 0 saturated heterocycles. The maximum atomic E-state index is 13.0. The number of halogens is 3. The van der Waals surface area contributed by atoms with Crippen molar-refractivity contribution in [2.24, 2.45) is 0 Å². The van der Waals surface area contributed by atoms with E-state index >= 15 is 0 Å². The zero-order chi connectivity index (χ0) is 11.3. The van der Waals surface area contributed by atoms with Crippen molar-refractivity contribution in [3.63, 3.8) is 0 Å². The quantitative estimate of drug-likeness (QED) is 0.787. The van der Waals surface area contributed by atoms with Gasteiger partial charge in [0.2, 0.25) is 0 Å². The molecule has 0 spiro atoms. The van der Waals surface area contributed by atoms with E-state index in [2.05, 4.69) is 5.32 Å². The van der Waals surface area contributed by atoms with Gasteiger partial charge in [-0.1, -0.05) is 18.2 Å². The second-order valence-corrected chi connectivity index (χ2v) is 3.21. The van der Waals surface area contributed by atoms with E-state index in [0.29, 0.717) is 5.56 Å². The molecule has 0 amide bonds. The Morgan fingerprint density at radius 1 is 1.27 bits per heavy atom. The molecule has 1 aromatic rings. The Bertz CT molecular complexity index is 317. The zero-order valence-corrected chi connectivity index (χ0v) is 8.01. The third kappa shape index (κ3) is 3.89. The van der Waals surface area contributed by atoms with Gasteiger partial charge in [-0.15, -0.1) is 0 Å². The first-order valence-corrected chi connectivity index (χ1v) is 4.48. The molecule has 5 heteroatoms. The van der Waals surface area contributed by atoms with E-state index in [1.807, 2.05) is 0 Å². The molecule has 0 aliphatic carbocycles. The Labute approximate surface area is 85.7 Å². The summed E-state index contributed by atoms with van der Waals surface area (Å²) in [6, 6.07) is 5.94. The number of alkyl halides is 2. The molecule has 2 N–H and O–H groups in total. The summed E-state index contributed by atoms with van der Waals surface area (Å²) < 4.78 is 38.1. The molecular weight excluding hydrogens is 207 g/mol. The van der Waals surface area contributed by atoms with Gasteiger partial charge >= 0.3 is 0 Å². The Morgan fingerprint density at radius 2 is 1.93 bits per heavy atom. The molecule has 0 radical (unpaired) electrons. The highest BCUT2D eigenvalue weighted by atomic mass is 19.3. The van der Waals surface area contributed by atoms with E-state index in [1.165, 1.54) is 18.2 Å². The summed E-state index contributed by atoms with van der Waals surface area (Å²) in [5, 5.41) is 10.7. The van der Waals surface area contributed by atoms with E-state index in [1.54, 1.807) is 6.07 Å². The zero-order valence-electron chi connectivity index (χ0n) is 8.01. The van der Waals surface area contributed by atoms with Crippen LogP contribution >= 0.6 is 0 Å². The number of aliphatic hydroxyl groups is 1. The summed E-state index contributed by atoms with van der Waals surface area (Å²) >= 11 is 0. The van der Waals surface area contributed by atoms with Crippen LogP contribution in [0.15, 0.2) is 24.3 Å². The summed E-state index contributed by atoms with van der Waals surface area (Å²) in [5.74, 6) is -3.59. The highest BCUT2D eigenvalue weighted by Gasteiger charge is 2.26. The van der Waals surface area contributed by atoms with Crippen LogP contribution in [0.4, 0.5) is 13.2 Å². The molecule has 0 heterocycles. The van der Waals surface area contributed by atoms with Crippen LogP contribution in [0.2, 0.25) is 0 Å². The molecular formula is C10H12F3NO. The third-order valence-electron chi connectivity index (χ3n) is 1.89. The normalized spacial score (nSPS) is 11.7. The molecule has 1 aromatic carbocycles. The van der Waals surface area contributed by atoms with Crippen LogP contribution in [0.5, 0.6) is 0 Å². The van der Waals surface area contributed by atoms with Gasteiger partial charge in [0.05, 0.1) is 6.54 Å². The van der Waals surface area contributed by atoms with E-state index in [0.717, 1.165) is 0 Å². The molecule has 0 saturated carbocycles. The molecule has 84 valence electrons. The van der Waals surface area contributed by atoms with Gasteiger partial charge < -0.3 is 10.4 Å². The number of hydrogen-bond donors (Lipinski definition) is 2. The van der Waals surface area contributed by atoms with Gasteiger partial charge in [-0.3, -0.25) is 0 Å². The van der Waals surface area contributed by atoms with E-state index in [9.17, 15) is 13.2 Å². The molecule has 15 heavy (non-hydrogen) atoms. The standard InChI is InChI=1S/C10H12F3NO/c11-9-4-2-1-3-8(9)5-14-6-10(12,13)7-15/h1-4,14-15H,5-7H2. The fraction of sp³-hybridized carbons (Fsp3) is 0.400. The summed E-state index contributed by atoms with van der Waals surface area (Å²) in [5.41, 5.74) is 0.325. The molecule has 0 unspecified atom stereocenters. The van der Waals surface area contributed by atoms with Crippen molar-refractivity contribution in [1.29, 1.82) is 0 Å². The van der Waals surface area contributed by atoms with E-state index < -0.39 is 24.9 Å². The van der Waals surface area contributed by atoms with Crippen LogP contribution in [0.1, 0.15) is 5.56 Å². The molecule has 0 aliphatic rings. The maximum Gasteiger partial charge on any atom is 0.282 e. The summed E-state index contributed by atoms with van der Waals surface area (Å²) in [7, 11) is 0. The van der Waals surface area contributed by atoms with Gasteiger partial charge in [0.1, 0.15) is 12.4 Å². The average Bonchev–Trinajstić information content (AvgIpc) is 2.21. The minimum absolute atomic E-state index is 0.0161. The first kappa shape index (κ1) is 12.0. The number of aliphatic hydroxyl groups excluding tert-OH is 1. The highest BCUT2D eigenvalue weighted by molar-refractivity contribution is 5.16. The molecule has 1 rings (SSSR count). The SMILES string of the molecule is OCC(F)(F)CNCc1ccccc1F. The number of nitrogens with one attached hydrogen (secondary N) is 1. The van der Waals surface area contributed by atoms with Crippen molar-refractivity contribution in [1.82, 2.24) is 5.32 Å². The second-order valence-electron chi connectivity index (χ2n) is 3.21. The van der Waals surface area contributed by atoms with Crippen molar-refractivity contribution in [3.05, 3.63) is 35.6 Å². The first-order valence-electron chi connectivity index (χ1n) is 4.48. The molecule has 0 bridgehead atoms. The smallest absolute Gasteiger partial charge is 0.282 e. The molecule has 0 aromatic heterocycles. The molecule has 2 nitrogen and oxygen atoms in total. The van der Waals surface area contributed by atoms with Crippen molar-refractivity contribution < 1.29 is 18.3 Å². The average molecular weight is 219 g/mol. The van der Waals surface area contributed by atoms with Crippen LogP contribution < -0.4 is 5.32 Å². The van der Waals surface area contributed by atoms with E-state index in [-0.39, 0.29) is 6.54 Å². The lowest BCUT2D eigenvalue weighted by atomic mass is 10.2. The lowest BCUT2D eigenvalue weighted by molar-refractivity contribution is -0.0478. The fourth-order valence-corrected chi connectivity index (χ4v) is 1.08. The van der Waals surface area contributed by atoms with Gasteiger partial charge in [-0.2, -0.15) is 0 Å². The second kappa shape index (κ2) is 5.14. The van der Waals surface area contributed by atoms with Gasteiger partial charge in [0.15, 0.2) is 0 Å². The monoisotopic (exact) mass is 219 g/mol. The van der Waals surface area contributed by atoms with Gasteiger partial charge in [-0.05, 0) is 6.07 Å². The fourth-order valence-electron chi connectivity index (χ4n) is 1.08. The lowest BCUT2D eigenvalue weighted by Gasteiger charge is -2.14. The van der Waals surface area contributed by atoms with Crippen LogP contribution in [-0.4, -0.2) is 24.2 Å². The Morgan fingerprint density at radius 3 is 2.53 bits per heavy atom. The lowest BCUT2D eigenvalue weighted by Crippen LogP contribution is -2.35. The molecule has 0 fully saturated rings. The van der Waals surface area contributed by atoms with Crippen LogP contribution in [0.25, 0.3) is 0 Å². The van der Waals surface area contributed by atoms with Gasteiger partial charge in [0.25, 0.3) is 5.92 Å². The third-order valence-corrected chi connectivity index (χ3v) is 1.89. The molecule has 0 atom stereocenters. The van der Waals surface area contributed by atoms with Crippen molar-refractivity contribution in [2.45, 2.75) is 12.5 Å². The van der Waals surface area contributed by atoms with Gasteiger partial charge in [0, 0.05) is 12.1 Å². The van der Waals surface area contributed by atoms with Crippen molar-refractivity contribution >= 4 is 0 Å². The van der Waals surface area contributed by atoms with Gasteiger partial charge in [-0.25, -0.2) is 13.2 Å². The van der Waals surface area contributed by atoms with E-state index in [4.69, 9.17) is 5.11 Å². The molecule has 0 aliphatic heterocycles. The predicted molar refractivity (Wildman–Crippen MR) is 50.1 cm³/mol. The predicted octanol–water partition coefficient (Wildman–Crippen LogP) is 1.54. The highest BCUT2D eigenvalue weighted by Crippen LogP contribution is 2.11. The van der Waals surface area contributed by atoms with Crippen molar-refractivity contribution in [3.8, 4) is 0 Å². The summed E-state index contributed by atoms with van der Waals surface area (Å²) in [6.07, 6.45) is 0. The number of benzene rings is 1. The van der Waals surface area contributed by atoms with Crippen LogP contribution in [0, 0.1) is 5.82 Å². The minimum Gasteiger partial charge on any atom is -0.390 e. The van der Waals surface area contributed by atoms with Crippen LogP contribution in [-0.2, 0) is 6.54 Å². The first-order chi connectivity index (χ1) is 7.05. The Hall–Kier alpha value is -1.07. The topological polar surface area (TPSA) is 32.3 Å². The van der Waals surface area contributed by atoms with Crippen molar-refractivity contribution in [2.75, 3.05) is 13.2 Å². The van der Waals surface area contributed by atoms with Crippen LogP contribution in [0.3, 0.4) is 0 Å². The largest absolute Gasteiger partial charge is 0.390 e. The Balaban J connectivity index is 2.42. The summed E-state index contributed by atoms with van der Waals surface area (Å²) in [4.78, 5) is 0. The minimum atomic E-state index is -3.16. The maximum absolute atomic E-state index is 13.0. The summed E-state index contributed by atoms with van der Waals surface area (Å²) in [6.45, 7) is -1.86. The number of rotatable bonds is 5. The Kier molecular flexibility index (Phi) is 4.11.